The summed E-state index contributed by atoms with van der Waals surface area (Å²) in [5.41, 5.74) is 0.144. The average Bonchev–Trinajstić information content (AvgIpc) is 2.39. The van der Waals surface area contributed by atoms with E-state index in [0.29, 0.717) is 19.6 Å². The molecule has 0 radical (unpaired) electrons. The van der Waals surface area contributed by atoms with Crippen molar-refractivity contribution >= 4 is 5.91 Å². The number of hydrogen-bond donors (Lipinski definition) is 1. The molecule has 1 aromatic rings. The van der Waals surface area contributed by atoms with Crippen LogP contribution in [0.15, 0.2) is 18.2 Å². The van der Waals surface area contributed by atoms with E-state index in [4.69, 9.17) is 5.11 Å². The number of rotatable bonds is 3. The van der Waals surface area contributed by atoms with Crippen LogP contribution < -0.4 is 0 Å². The van der Waals surface area contributed by atoms with Gasteiger partial charge >= 0.3 is 0 Å². The molecule has 5 nitrogen and oxygen atoms in total. The maximum absolute atomic E-state index is 12.9. The molecule has 1 amide bonds. The maximum atomic E-state index is 12.9. The molecule has 0 bridgehead atoms. The van der Waals surface area contributed by atoms with Crippen molar-refractivity contribution in [2.24, 2.45) is 0 Å². The van der Waals surface area contributed by atoms with E-state index in [1.165, 1.54) is 18.2 Å². The van der Waals surface area contributed by atoms with Crippen LogP contribution in [0.3, 0.4) is 0 Å². The largest absolute Gasteiger partial charge is 0.395 e. The maximum Gasteiger partial charge on any atom is 0.272 e. The van der Waals surface area contributed by atoms with Crippen LogP contribution in [-0.4, -0.2) is 65.1 Å². The Morgan fingerprint density at radius 2 is 2.06 bits per heavy atom. The molecule has 0 atom stereocenters. The Morgan fingerprint density at radius 1 is 1.33 bits per heavy atom. The first-order valence-corrected chi connectivity index (χ1v) is 5.96. The summed E-state index contributed by atoms with van der Waals surface area (Å²) in [6.45, 7) is 3.36. The smallest absolute Gasteiger partial charge is 0.272 e. The number of nitrogens with zero attached hydrogens (tertiary/aromatic N) is 3. The summed E-state index contributed by atoms with van der Waals surface area (Å²) in [5.74, 6) is -0.877. The first kappa shape index (κ1) is 12.9. The van der Waals surface area contributed by atoms with Gasteiger partial charge in [0, 0.05) is 32.7 Å². The minimum atomic E-state index is -0.639. The molecule has 6 heteroatoms. The lowest BCUT2D eigenvalue weighted by Gasteiger charge is -2.34. The van der Waals surface area contributed by atoms with E-state index in [1.807, 2.05) is 0 Å². The summed E-state index contributed by atoms with van der Waals surface area (Å²) in [4.78, 5) is 19.4. The SMILES string of the molecule is O=C(c1cccc(F)n1)N1CCN(CCO)CC1. The number of aliphatic hydroxyl groups excluding tert-OH is 1. The van der Waals surface area contributed by atoms with Crippen molar-refractivity contribution in [2.75, 3.05) is 39.3 Å². The molecule has 1 saturated heterocycles. The minimum Gasteiger partial charge on any atom is -0.395 e. The number of β-amino-alcohol motifs (C(OH)–C–C–N with tert-alkyl or cyclic N) is 1. The summed E-state index contributed by atoms with van der Waals surface area (Å²) in [5, 5.41) is 8.83. The molecule has 2 heterocycles. The molecule has 18 heavy (non-hydrogen) atoms. The summed E-state index contributed by atoms with van der Waals surface area (Å²) in [6, 6.07) is 4.22. The molecule has 1 fully saturated rings. The van der Waals surface area contributed by atoms with Gasteiger partial charge in [0.05, 0.1) is 6.61 Å². The average molecular weight is 253 g/mol. The van der Waals surface area contributed by atoms with Crippen LogP contribution in [0.2, 0.25) is 0 Å². The molecule has 0 aromatic carbocycles. The predicted octanol–water partition coefficient (Wildman–Crippen LogP) is -0.0292. The van der Waals surface area contributed by atoms with Gasteiger partial charge in [0.25, 0.3) is 5.91 Å². The molecule has 1 aliphatic rings. The molecule has 98 valence electrons. The van der Waals surface area contributed by atoms with Crippen molar-refractivity contribution in [2.45, 2.75) is 0 Å². The van der Waals surface area contributed by atoms with Gasteiger partial charge in [0.15, 0.2) is 0 Å². The third kappa shape index (κ3) is 3.02. The van der Waals surface area contributed by atoms with E-state index in [1.54, 1.807) is 4.90 Å². The second-order valence-electron chi connectivity index (χ2n) is 4.20. The first-order chi connectivity index (χ1) is 8.70. The highest BCUT2D eigenvalue weighted by molar-refractivity contribution is 5.92. The lowest BCUT2D eigenvalue weighted by molar-refractivity contribution is 0.0608. The van der Waals surface area contributed by atoms with Gasteiger partial charge in [-0.3, -0.25) is 9.69 Å². The number of carbonyl (C=O) groups is 1. The summed E-state index contributed by atoms with van der Waals surface area (Å²) < 4.78 is 12.9. The molecular weight excluding hydrogens is 237 g/mol. The second-order valence-corrected chi connectivity index (χ2v) is 4.20. The molecule has 0 spiro atoms. The van der Waals surface area contributed by atoms with Crippen molar-refractivity contribution < 1.29 is 14.3 Å². The molecule has 0 aliphatic carbocycles. The van der Waals surface area contributed by atoms with Crippen LogP contribution >= 0.6 is 0 Å². The number of aliphatic hydroxyl groups is 1. The van der Waals surface area contributed by atoms with E-state index in [9.17, 15) is 9.18 Å². The van der Waals surface area contributed by atoms with Gasteiger partial charge in [-0.25, -0.2) is 4.98 Å². The van der Waals surface area contributed by atoms with Gasteiger partial charge in [-0.1, -0.05) is 6.07 Å². The molecule has 0 unspecified atom stereocenters. The summed E-state index contributed by atoms with van der Waals surface area (Å²) >= 11 is 0. The van der Waals surface area contributed by atoms with Gasteiger partial charge in [0.2, 0.25) is 5.95 Å². The quantitative estimate of drug-likeness (QED) is 0.769. The van der Waals surface area contributed by atoms with Crippen LogP contribution in [-0.2, 0) is 0 Å². The molecule has 0 saturated carbocycles. The van der Waals surface area contributed by atoms with E-state index in [-0.39, 0.29) is 18.2 Å². The Kier molecular flexibility index (Phi) is 4.22. The Hall–Kier alpha value is -1.53. The zero-order chi connectivity index (χ0) is 13.0. The number of piperazine rings is 1. The fraction of sp³-hybridized carbons (Fsp3) is 0.500. The van der Waals surface area contributed by atoms with Gasteiger partial charge in [-0.05, 0) is 12.1 Å². The lowest BCUT2D eigenvalue weighted by atomic mass is 10.2. The van der Waals surface area contributed by atoms with Gasteiger partial charge in [-0.15, -0.1) is 0 Å². The number of hydrogen-bond acceptors (Lipinski definition) is 4. The second kappa shape index (κ2) is 5.88. The van der Waals surface area contributed by atoms with Crippen molar-refractivity contribution in [3.05, 3.63) is 29.8 Å². The fourth-order valence-electron chi connectivity index (χ4n) is 2.01. The van der Waals surface area contributed by atoms with Crippen LogP contribution in [0, 0.1) is 5.95 Å². The Balaban J connectivity index is 1.95. The highest BCUT2D eigenvalue weighted by Gasteiger charge is 2.22. The number of carbonyl (C=O) groups excluding carboxylic acids is 1. The first-order valence-electron chi connectivity index (χ1n) is 5.96. The highest BCUT2D eigenvalue weighted by Crippen LogP contribution is 2.07. The van der Waals surface area contributed by atoms with Crippen molar-refractivity contribution in [3.63, 3.8) is 0 Å². The molecular formula is C12H16FN3O2. The minimum absolute atomic E-state index is 0.124. The topological polar surface area (TPSA) is 56.7 Å². The third-order valence-electron chi connectivity index (χ3n) is 3.01. The fourth-order valence-corrected chi connectivity index (χ4v) is 2.01. The molecule has 1 N–H and O–H groups in total. The van der Waals surface area contributed by atoms with E-state index >= 15 is 0 Å². The zero-order valence-corrected chi connectivity index (χ0v) is 10.0. The third-order valence-corrected chi connectivity index (χ3v) is 3.01. The Labute approximate surface area is 105 Å². The lowest BCUT2D eigenvalue weighted by Crippen LogP contribution is -2.49. The van der Waals surface area contributed by atoms with Crippen LogP contribution in [0.5, 0.6) is 0 Å². The van der Waals surface area contributed by atoms with Gasteiger partial charge < -0.3 is 10.0 Å². The number of halogens is 1. The highest BCUT2D eigenvalue weighted by atomic mass is 19.1. The Bertz CT molecular complexity index is 420. The molecule has 1 aliphatic heterocycles. The zero-order valence-electron chi connectivity index (χ0n) is 10.0. The standard InChI is InChI=1S/C12H16FN3O2/c13-11-3-1-2-10(14-11)12(18)16-6-4-15(5-7-16)8-9-17/h1-3,17H,4-9H2. The summed E-state index contributed by atoms with van der Waals surface area (Å²) in [7, 11) is 0. The van der Waals surface area contributed by atoms with E-state index in [2.05, 4.69) is 9.88 Å². The normalized spacial score (nSPS) is 16.9. The van der Waals surface area contributed by atoms with Crippen LogP contribution in [0.25, 0.3) is 0 Å². The molecule has 2 rings (SSSR count). The Morgan fingerprint density at radius 3 is 2.67 bits per heavy atom. The molecule has 1 aromatic heterocycles. The predicted molar refractivity (Wildman–Crippen MR) is 63.6 cm³/mol. The van der Waals surface area contributed by atoms with Crippen LogP contribution in [0.1, 0.15) is 10.5 Å². The van der Waals surface area contributed by atoms with Crippen molar-refractivity contribution in [1.82, 2.24) is 14.8 Å². The monoisotopic (exact) mass is 253 g/mol. The van der Waals surface area contributed by atoms with E-state index < -0.39 is 5.95 Å². The van der Waals surface area contributed by atoms with E-state index in [0.717, 1.165) is 13.1 Å². The van der Waals surface area contributed by atoms with Gasteiger partial charge in [-0.2, -0.15) is 4.39 Å². The van der Waals surface area contributed by atoms with Crippen molar-refractivity contribution in [1.29, 1.82) is 0 Å². The van der Waals surface area contributed by atoms with Crippen molar-refractivity contribution in [3.8, 4) is 0 Å². The van der Waals surface area contributed by atoms with Gasteiger partial charge in [0.1, 0.15) is 5.69 Å². The number of pyridine rings is 1. The number of aromatic nitrogens is 1. The van der Waals surface area contributed by atoms with Crippen LogP contribution in [0.4, 0.5) is 4.39 Å². The summed E-state index contributed by atoms with van der Waals surface area (Å²) in [6.07, 6.45) is 0. The number of amides is 1.